The van der Waals surface area contributed by atoms with E-state index in [1.165, 1.54) is 0 Å². The number of aromatic amines is 1. The van der Waals surface area contributed by atoms with Gasteiger partial charge in [0.1, 0.15) is 5.02 Å². The van der Waals surface area contributed by atoms with Crippen molar-refractivity contribution >= 4 is 11.6 Å². The number of rotatable bonds is 1. The summed E-state index contributed by atoms with van der Waals surface area (Å²) in [4.78, 5) is 13.2. The molecule has 11 heavy (non-hydrogen) atoms. The number of H-pyrrole nitrogens is 1. The molecule has 0 aromatic carbocycles. The normalized spacial score (nSPS) is 13.0. The van der Waals surface area contributed by atoms with Gasteiger partial charge in [0.05, 0.1) is 0 Å². The summed E-state index contributed by atoms with van der Waals surface area (Å²) in [6.07, 6.45) is 1.57. The molecule has 3 nitrogen and oxygen atoms in total. The monoisotopic (exact) mass is 172 g/mol. The van der Waals surface area contributed by atoms with Crippen molar-refractivity contribution in [3.05, 3.63) is 33.2 Å². The lowest BCUT2D eigenvalue weighted by molar-refractivity contribution is 0.810. The van der Waals surface area contributed by atoms with E-state index in [-0.39, 0.29) is 16.6 Å². The Kier molecular flexibility index (Phi) is 2.31. The molecule has 60 valence electrons. The topological polar surface area (TPSA) is 58.9 Å². The van der Waals surface area contributed by atoms with Gasteiger partial charge in [-0.25, -0.2) is 0 Å². The Balaban J connectivity index is 3.15. The lowest BCUT2D eigenvalue weighted by atomic mass is 10.2. The quantitative estimate of drug-likeness (QED) is 0.665. The van der Waals surface area contributed by atoms with Crippen molar-refractivity contribution < 1.29 is 0 Å². The summed E-state index contributed by atoms with van der Waals surface area (Å²) in [5.74, 6) is 0. The predicted molar refractivity (Wildman–Crippen MR) is 44.7 cm³/mol. The van der Waals surface area contributed by atoms with E-state index >= 15 is 0 Å². The van der Waals surface area contributed by atoms with E-state index in [4.69, 9.17) is 17.3 Å². The Morgan fingerprint density at radius 1 is 1.73 bits per heavy atom. The highest BCUT2D eigenvalue weighted by atomic mass is 35.5. The van der Waals surface area contributed by atoms with Crippen LogP contribution in [0.25, 0.3) is 0 Å². The fraction of sp³-hybridized carbons (Fsp3) is 0.286. The zero-order chi connectivity index (χ0) is 8.43. The maximum absolute atomic E-state index is 10.8. The lowest BCUT2D eigenvalue weighted by Gasteiger charge is -2.03. The number of pyridine rings is 1. The van der Waals surface area contributed by atoms with E-state index in [0.717, 1.165) is 5.56 Å². The average Bonchev–Trinajstić information content (AvgIpc) is 1.94. The van der Waals surface area contributed by atoms with Crippen LogP contribution in [-0.2, 0) is 0 Å². The molecule has 0 saturated heterocycles. The highest BCUT2D eigenvalue weighted by molar-refractivity contribution is 6.30. The van der Waals surface area contributed by atoms with Gasteiger partial charge in [-0.2, -0.15) is 0 Å². The number of hydrogen-bond acceptors (Lipinski definition) is 2. The largest absolute Gasteiger partial charge is 0.327 e. The van der Waals surface area contributed by atoms with Crippen molar-refractivity contribution in [2.75, 3.05) is 0 Å². The molecule has 0 aliphatic rings. The van der Waals surface area contributed by atoms with Crippen molar-refractivity contribution in [1.29, 1.82) is 0 Å². The summed E-state index contributed by atoms with van der Waals surface area (Å²) in [5, 5.41) is 0.180. The van der Waals surface area contributed by atoms with Gasteiger partial charge in [-0.3, -0.25) is 4.79 Å². The minimum atomic E-state index is -0.281. The first-order valence-electron chi connectivity index (χ1n) is 3.25. The zero-order valence-corrected chi connectivity index (χ0v) is 6.85. The molecular formula is C7H9ClN2O. The van der Waals surface area contributed by atoms with Crippen molar-refractivity contribution in [2.24, 2.45) is 5.73 Å². The summed E-state index contributed by atoms with van der Waals surface area (Å²) in [6.45, 7) is 1.82. The van der Waals surface area contributed by atoms with E-state index in [1.54, 1.807) is 12.3 Å². The van der Waals surface area contributed by atoms with Gasteiger partial charge in [0, 0.05) is 12.2 Å². The minimum absolute atomic E-state index is 0.107. The Labute approximate surface area is 69.2 Å². The smallest absolute Gasteiger partial charge is 0.266 e. The van der Waals surface area contributed by atoms with Gasteiger partial charge in [0.25, 0.3) is 5.56 Å². The van der Waals surface area contributed by atoms with Crippen LogP contribution in [0.4, 0.5) is 0 Å². The number of halogens is 1. The molecule has 0 bridgehead atoms. The highest BCUT2D eigenvalue weighted by Gasteiger charge is 2.01. The van der Waals surface area contributed by atoms with Gasteiger partial charge in [-0.1, -0.05) is 11.6 Å². The van der Waals surface area contributed by atoms with Crippen molar-refractivity contribution in [1.82, 2.24) is 4.98 Å². The molecule has 0 aliphatic heterocycles. The van der Waals surface area contributed by atoms with Crippen LogP contribution in [0.3, 0.4) is 0 Å². The standard InChI is InChI=1S/C7H9ClN2O/c1-4(9)5-2-6(8)7(11)10-3-5/h2-4H,9H2,1H3,(H,10,11)/t4-/m0/s1. The first-order valence-corrected chi connectivity index (χ1v) is 3.63. The number of nitrogens with one attached hydrogen (secondary N) is 1. The van der Waals surface area contributed by atoms with Crippen LogP contribution in [0.15, 0.2) is 17.1 Å². The molecule has 3 N–H and O–H groups in total. The minimum Gasteiger partial charge on any atom is -0.327 e. The number of nitrogens with two attached hydrogens (primary N) is 1. The lowest BCUT2D eigenvalue weighted by Crippen LogP contribution is -2.11. The van der Waals surface area contributed by atoms with E-state index in [0.29, 0.717) is 0 Å². The Morgan fingerprint density at radius 2 is 2.36 bits per heavy atom. The predicted octanol–water partition coefficient (Wildman–Crippen LogP) is 1.05. The summed E-state index contributed by atoms with van der Waals surface area (Å²) in [5.41, 5.74) is 6.10. The van der Waals surface area contributed by atoms with Crippen LogP contribution < -0.4 is 11.3 Å². The molecule has 1 rings (SSSR count). The summed E-state index contributed by atoms with van der Waals surface area (Å²) in [7, 11) is 0. The molecular weight excluding hydrogens is 164 g/mol. The third-order valence-corrected chi connectivity index (χ3v) is 1.69. The summed E-state index contributed by atoms with van der Waals surface area (Å²) < 4.78 is 0. The van der Waals surface area contributed by atoms with Crippen molar-refractivity contribution in [3.8, 4) is 0 Å². The van der Waals surface area contributed by atoms with E-state index in [2.05, 4.69) is 4.98 Å². The maximum Gasteiger partial charge on any atom is 0.266 e. The first kappa shape index (κ1) is 8.30. The second-order valence-electron chi connectivity index (χ2n) is 2.40. The fourth-order valence-corrected chi connectivity index (χ4v) is 0.915. The molecule has 0 unspecified atom stereocenters. The van der Waals surface area contributed by atoms with Gasteiger partial charge in [0.15, 0.2) is 0 Å². The van der Waals surface area contributed by atoms with Crippen molar-refractivity contribution in [3.63, 3.8) is 0 Å². The van der Waals surface area contributed by atoms with E-state index in [9.17, 15) is 4.79 Å². The van der Waals surface area contributed by atoms with Crippen LogP contribution in [0.2, 0.25) is 5.02 Å². The molecule has 0 saturated carbocycles. The molecule has 1 atom stereocenters. The van der Waals surface area contributed by atoms with Crippen LogP contribution in [0.5, 0.6) is 0 Å². The molecule has 1 aromatic rings. The van der Waals surface area contributed by atoms with Crippen LogP contribution >= 0.6 is 11.6 Å². The second-order valence-corrected chi connectivity index (χ2v) is 2.81. The molecule has 0 amide bonds. The molecule has 1 aromatic heterocycles. The first-order chi connectivity index (χ1) is 5.11. The van der Waals surface area contributed by atoms with Gasteiger partial charge in [-0.15, -0.1) is 0 Å². The fourth-order valence-electron chi connectivity index (χ4n) is 0.734. The zero-order valence-electron chi connectivity index (χ0n) is 6.10. The Hall–Kier alpha value is -0.800. The van der Waals surface area contributed by atoms with Crippen LogP contribution in [0, 0.1) is 0 Å². The Morgan fingerprint density at radius 3 is 2.82 bits per heavy atom. The molecule has 0 spiro atoms. The van der Waals surface area contributed by atoms with E-state index in [1.807, 2.05) is 6.92 Å². The van der Waals surface area contributed by atoms with Crippen LogP contribution in [0.1, 0.15) is 18.5 Å². The van der Waals surface area contributed by atoms with Gasteiger partial charge in [-0.05, 0) is 18.6 Å². The highest BCUT2D eigenvalue weighted by Crippen LogP contribution is 2.09. The third kappa shape index (κ3) is 1.82. The van der Waals surface area contributed by atoms with Gasteiger partial charge in [0.2, 0.25) is 0 Å². The van der Waals surface area contributed by atoms with Gasteiger partial charge < -0.3 is 10.7 Å². The number of hydrogen-bond donors (Lipinski definition) is 2. The molecule has 4 heteroatoms. The molecule has 0 aliphatic carbocycles. The Bertz CT molecular complexity index is 306. The molecule has 1 heterocycles. The van der Waals surface area contributed by atoms with E-state index < -0.39 is 0 Å². The van der Waals surface area contributed by atoms with Gasteiger partial charge >= 0.3 is 0 Å². The molecule has 0 radical (unpaired) electrons. The molecule has 0 fully saturated rings. The maximum atomic E-state index is 10.8. The second kappa shape index (κ2) is 3.07. The van der Waals surface area contributed by atoms with Crippen LogP contribution in [-0.4, -0.2) is 4.98 Å². The number of aromatic nitrogens is 1. The SMILES string of the molecule is C[C@H](N)c1c[nH]c(=O)c(Cl)c1. The van der Waals surface area contributed by atoms with Crippen molar-refractivity contribution in [2.45, 2.75) is 13.0 Å². The summed E-state index contributed by atoms with van der Waals surface area (Å²) >= 11 is 5.56. The summed E-state index contributed by atoms with van der Waals surface area (Å²) in [6, 6.07) is 1.47. The average molecular weight is 173 g/mol. The third-order valence-electron chi connectivity index (χ3n) is 1.41.